The van der Waals surface area contributed by atoms with Crippen molar-refractivity contribution >= 4 is 27.3 Å². The van der Waals surface area contributed by atoms with Gasteiger partial charge in [-0.25, -0.2) is 8.42 Å². The summed E-state index contributed by atoms with van der Waals surface area (Å²) in [7, 11) is -3.43. The first kappa shape index (κ1) is 16.3. The van der Waals surface area contributed by atoms with Gasteiger partial charge in [0.1, 0.15) is 0 Å². The number of amides is 1. The van der Waals surface area contributed by atoms with Crippen molar-refractivity contribution in [3.8, 4) is 0 Å². The van der Waals surface area contributed by atoms with Crippen molar-refractivity contribution in [2.75, 3.05) is 18.8 Å². The average molecular weight is 330 g/mol. The predicted octanol–water partition coefficient (Wildman–Crippen LogP) is 2.76. The lowest BCUT2D eigenvalue weighted by Crippen LogP contribution is -2.38. The van der Waals surface area contributed by atoms with Crippen LogP contribution in [0.3, 0.4) is 0 Å². The molecule has 1 aliphatic heterocycles. The van der Waals surface area contributed by atoms with E-state index in [0.29, 0.717) is 10.9 Å². The number of hydrogen-bond donors (Lipinski definition) is 0. The van der Waals surface area contributed by atoms with E-state index >= 15 is 0 Å². The van der Waals surface area contributed by atoms with E-state index in [1.54, 1.807) is 17.0 Å². The molecule has 0 saturated carbocycles. The summed E-state index contributed by atoms with van der Waals surface area (Å²) in [6.07, 6.45) is 2.03. The number of rotatable bonds is 4. The molecular weight excluding hydrogens is 310 g/mol. The van der Waals surface area contributed by atoms with Crippen LogP contribution >= 0.6 is 11.6 Å². The van der Waals surface area contributed by atoms with E-state index in [0.717, 1.165) is 25.9 Å². The summed E-state index contributed by atoms with van der Waals surface area (Å²) >= 11 is 5.75. The first-order chi connectivity index (χ1) is 9.88. The number of likely N-dealkylation sites (tertiary alicyclic amines) is 1. The number of carbonyl (C=O) groups is 1. The Morgan fingerprint density at radius 2 is 1.81 bits per heavy atom. The second-order valence-electron chi connectivity index (χ2n) is 5.59. The molecule has 1 aliphatic rings. The maximum Gasteiger partial charge on any atom is 0.223 e. The number of benzene rings is 1. The fourth-order valence-electron chi connectivity index (χ4n) is 2.40. The normalized spacial score (nSPS) is 17.0. The highest BCUT2D eigenvalue weighted by Gasteiger charge is 2.22. The quantitative estimate of drug-likeness (QED) is 0.853. The number of piperidine rings is 1. The van der Waals surface area contributed by atoms with Gasteiger partial charge in [-0.2, -0.15) is 0 Å². The molecule has 1 amide bonds. The van der Waals surface area contributed by atoms with Crippen LogP contribution in [0, 0.1) is 5.92 Å². The zero-order chi connectivity index (χ0) is 15.5. The van der Waals surface area contributed by atoms with Crippen LogP contribution in [0.2, 0.25) is 5.02 Å². The number of sulfone groups is 1. The molecule has 0 aromatic heterocycles. The van der Waals surface area contributed by atoms with E-state index in [9.17, 15) is 13.2 Å². The number of halogens is 1. The van der Waals surface area contributed by atoms with Gasteiger partial charge in [0.15, 0.2) is 9.84 Å². The van der Waals surface area contributed by atoms with Crippen molar-refractivity contribution < 1.29 is 13.2 Å². The molecule has 21 heavy (non-hydrogen) atoms. The second-order valence-corrected chi connectivity index (χ2v) is 8.13. The lowest BCUT2D eigenvalue weighted by Gasteiger charge is -2.30. The molecule has 1 heterocycles. The zero-order valence-electron chi connectivity index (χ0n) is 12.1. The minimum atomic E-state index is -3.43. The summed E-state index contributed by atoms with van der Waals surface area (Å²) in [6, 6.07) is 6.04. The first-order valence-electron chi connectivity index (χ1n) is 7.14. The van der Waals surface area contributed by atoms with Gasteiger partial charge >= 0.3 is 0 Å². The van der Waals surface area contributed by atoms with Crippen molar-refractivity contribution in [1.29, 1.82) is 0 Å². The molecule has 1 aromatic rings. The Bertz CT molecular complexity index is 590. The summed E-state index contributed by atoms with van der Waals surface area (Å²) in [6.45, 7) is 3.65. The molecule has 0 bridgehead atoms. The van der Waals surface area contributed by atoms with Gasteiger partial charge in [-0.15, -0.1) is 0 Å². The molecule has 0 N–H and O–H groups in total. The lowest BCUT2D eigenvalue weighted by molar-refractivity contribution is -0.132. The van der Waals surface area contributed by atoms with E-state index in [-0.39, 0.29) is 23.0 Å². The molecule has 0 atom stereocenters. The molecule has 0 radical (unpaired) electrons. The van der Waals surface area contributed by atoms with Gasteiger partial charge in [0.25, 0.3) is 0 Å². The Balaban J connectivity index is 1.92. The van der Waals surface area contributed by atoms with Crippen LogP contribution in [-0.4, -0.2) is 38.1 Å². The van der Waals surface area contributed by atoms with Gasteiger partial charge in [0.05, 0.1) is 10.6 Å². The number of carbonyl (C=O) groups excluding carboxylic acids is 1. The van der Waals surface area contributed by atoms with Crippen molar-refractivity contribution in [3.63, 3.8) is 0 Å². The Labute approximate surface area is 131 Å². The maximum atomic E-state index is 12.2. The Kier molecular flexibility index (Phi) is 5.27. The smallest absolute Gasteiger partial charge is 0.223 e. The van der Waals surface area contributed by atoms with Gasteiger partial charge < -0.3 is 4.90 Å². The van der Waals surface area contributed by atoms with Crippen molar-refractivity contribution in [3.05, 3.63) is 29.3 Å². The highest BCUT2D eigenvalue weighted by molar-refractivity contribution is 7.91. The van der Waals surface area contributed by atoms with Crippen LogP contribution in [0.1, 0.15) is 26.2 Å². The monoisotopic (exact) mass is 329 g/mol. The van der Waals surface area contributed by atoms with Crippen LogP contribution in [0.4, 0.5) is 0 Å². The third-order valence-corrected chi connectivity index (χ3v) is 5.88. The highest BCUT2D eigenvalue weighted by Crippen LogP contribution is 2.19. The minimum Gasteiger partial charge on any atom is -0.343 e. The molecular formula is C15H20ClNO3S. The van der Waals surface area contributed by atoms with Gasteiger partial charge in [-0.1, -0.05) is 18.5 Å². The summed E-state index contributed by atoms with van der Waals surface area (Å²) in [5.41, 5.74) is 0. The SMILES string of the molecule is CC1CCN(C(=O)CCS(=O)(=O)c2ccc(Cl)cc2)CC1. The fraction of sp³-hybridized carbons (Fsp3) is 0.533. The molecule has 0 unspecified atom stereocenters. The largest absolute Gasteiger partial charge is 0.343 e. The van der Waals surface area contributed by atoms with E-state index < -0.39 is 9.84 Å². The van der Waals surface area contributed by atoms with Gasteiger partial charge in [0.2, 0.25) is 5.91 Å². The van der Waals surface area contributed by atoms with Gasteiger partial charge in [-0.3, -0.25) is 4.79 Å². The van der Waals surface area contributed by atoms with Crippen LogP contribution in [0.5, 0.6) is 0 Å². The lowest BCUT2D eigenvalue weighted by atomic mass is 9.99. The van der Waals surface area contributed by atoms with Crippen molar-refractivity contribution in [2.24, 2.45) is 5.92 Å². The topological polar surface area (TPSA) is 54.5 Å². The minimum absolute atomic E-state index is 0.0410. The first-order valence-corrected chi connectivity index (χ1v) is 9.17. The van der Waals surface area contributed by atoms with E-state index in [1.807, 2.05) is 0 Å². The molecule has 4 nitrogen and oxygen atoms in total. The second kappa shape index (κ2) is 6.79. The zero-order valence-corrected chi connectivity index (χ0v) is 13.7. The molecule has 1 aromatic carbocycles. The molecule has 1 fully saturated rings. The maximum absolute atomic E-state index is 12.2. The Morgan fingerprint density at radius 1 is 1.24 bits per heavy atom. The standard InChI is InChI=1S/C15H20ClNO3S/c1-12-6-9-17(10-7-12)15(18)8-11-21(19,20)14-4-2-13(16)3-5-14/h2-5,12H,6-11H2,1H3. The number of hydrogen-bond acceptors (Lipinski definition) is 3. The Morgan fingerprint density at radius 3 is 2.38 bits per heavy atom. The van der Waals surface area contributed by atoms with E-state index in [1.165, 1.54) is 12.1 Å². The van der Waals surface area contributed by atoms with Crippen LogP contribution < -0.4 is 0 Å². The van der Waals surface area contributed by atoms with Crippen LogP contribution in [0.15, 0.2) is 29.2 Å². The third-order valence-electron chi connectivity index (χ3n) is 3.89. The molecule has 116 valence electrons. The molecule has 2 rings (SSSR count). The molecule has 6 heteroatoms. The third kappa shape index (κ3) is 4.45. The summed E-state index contributed by atoms with van der Waals surface area (Å²) in [4.78, 5) is 14.1. The molecule has 0 spiro atoms. The number of nitrogens with zero attached hydrogens (tertiary/aromatic N) is 1. The average Bonchev–Trinajstić information content (AvgIpc) is 2.46. The van der Waals surface area contributed by atoms with Crippen molar-refractivity contribution in [2.45, 2.75) is 31.1 Å². The Hall–Kier alpha value is -1.07. The summed E-state index contributed by atoms with van der Waals surface area (Å²) in [5, 5.41) is 0.493. The predicted molar refractivity (Wildman–Crippen MR) is 83.1 cm³/mol. The fourth-order valence-corrected chi connectivity index (χ4v) is 3.75. The highest BCUT2D eigenvalue weighted by atomic mass is 35.5. The van der Waals surface area contributed by atoms with Crippen LogP contribution in [0.25, 0.3) is 0 Å². The van der Waals surface area contributed by atoms with E-state index in [4.69, 9.17) is 11.6 Å². The van der Waals surface area contributed by atoms with Crippen LogP contribution in [-0.2, 0) is 14.6 Å². The summed E-state index contributed by atoms with van der Waals surface area (Å²) < 4.78 is 24.3. The van der Waals surface area contributed by atoms with Gasteiger partial charge in [0, 0.05) is 24.5 Å². The summed E-state index contributed by atoms with van der Waals surface area (Å²) in [5.74, 6) is 0.422. The molecule has 1 saturated heterocycles. The van der Waals surface area contributed by atoms with Gasteiger partial charge in [-0.05, 0) is 43.0 Å². The molecule has 0 aliphatic carbocycles. The van der Waals surface area contributed by atoms with E-state index in [2.05, 4.69) is 6.92 Å². The van der Waals surface area contributed by atoms with Crippen molar-refractivity contribution in [1.82, 2.24) is 4.90 Å².